The molecular weight excluding hydrogens is 214 g/mol. The molecule has 1 aromatic rings. The van der Waals surface area contributed by atoms with Crippen LogP contribution in [0.25, 0.3) is 0 Å². The largest absolute Gasteiger partial charge is 0.351 e. The summed E-state index contributed by atoms with van der Waals surface area (Å²) in [6, 6.07) is 3.36. The molecule has 2 rings (SSSR count). The van der Waals surface area contributed by atoms with Gasteiger partial charge in [-0.15, -0.1) is 0 Å². The molecule has 2 N–H and O–H groups in total. The van der Waals surface area contributed by atoms with Crippen LogP contribution in [0.2, 0.25) is 0 Å². The number of carbonyl (C=O) groups is 1. The van der Waals surface area contributed by atoms with Gasteiger partial charge in [-0.05, 0) is 11.6 Å². The van der Waals surface area contributed by atoms with Crippen LogP contribution in [0.15, 0.2) is 18.2 Å². The fourth-order valence-electron chi connectivity index (χ4n) is 1.51. The average molecular weight is 226 g/mol. The van der Waals surface area contributed by atoms with Crippen LogP contribution in [0.4, 0.5) is 8.78 Å². The Morgan fingerprint density at radius 3 is 2.75 bits per heavy atom. The van der Waals surface area contributed by atoms with Crippen LogP contribution in [-0.4, -0.2) is 25.0 Å². The third kappa shape index (κ3) is 2.55. The van der Waals surface area contributed by atoms with E-state index >= 15 is 0 Å². The first-order chi connectivity index (χ1) is 7.65. The Hall–Kier alpha value is -1.49. The maximum atomic E-state index is 13.2. The molecule has 0 atom stereocenters. The number of hydrogen-bond donors (Lipinski definition) is 2. The zero-order valence-electron chi connectivity index (χ0n) is 8.59. The summed E-state index contributed by atoms with van der Waals surface area (Å²) in [7, 11) is 0. The highest BCUT2D eigenvalue weighted by atomic mass is 19.1. The lowest BCUT2D eigenvalue weighted by atomic mass is 10.1. The van der Waals surface area contributed by atoms with Crippen LogP contribution in [0.5, 0.6) is 0 Å². The summed E-state index contributed by atoms with van der Waals surface area (Å²) in [5.41, 5.74) is 0.214. The molecule has 1 aliphatic heterocycles. The summed E-state index contributed by atoms with van der Waals surface area (Å²) < 4.78 is 25.8. The van der Waals surface area contributed by atoms with Crippen LogP contribution in [-0.2, 0) is 11.2 Å². The summed E-state index contributed by atoms with van der Waals surface area (Å²) in [6.07, 6.45) is -0.0530. The van der Waals surface area contributed by atoms with Gasteiger partial charge in [-0.25, -0.2) is 8.78 Å². The highest BCUT2D eigenvalue weighted by Crippen LogP contribution is 2.10. The van der Waals surface area contributed by atoms with Crippen LogP contribution in [0.1, 0.15) is 5.56 Å². The average Bonchev–Trinajstić information content (AvgIpc) is 2.16. The Morgan fingerprint density at radius 1 is 1.44 bits per heavy atom. The van der Waals surface area contributed by atoms with Gasteiger partial charge in [-0.1, -0.05) is 6.07 Å². The second-order valence-electron chi connectivity index (χ2n) is 3.84. The van der Waals surface area contributed by atoms with E-state index < -0.39 is 11.6 Å². The molecule has 1 saturated heterocycles. The molecule has 86 valence electrons. The standard InChI is InChI=1S/C11H12F2N2O/c12-8-2-1-7(10(13)4-8)3-11(16)15-9-5-14-6-9/h1-2,4,9,14H,3,5-6H2,(H,15,16). The van der Waals surface area contributed by atoms with Crippen molar-refractivity contribution in [2.24, 2.45) is 0 Å². The van der Waals surface area contributed by atoms with Crippen LogP contribution in [0.3, 0.4) is 0 Å². The van der Waals surface area contributed by atoms with Gasteiger partial charge in [0.1, 0.15) is 11.6 Å². The van der Waals surface area contributed by atoms with E-state index in [9.17, 15) is 13.6 Å². The topological polar surface area (TPSA) is 41.1 Å². The SMILES string of the molecule is O=C(Cc1ccc(F)cc1F)NC1CNC1. The zero-order chi connectivity index (χ0) is 11.5. The van der Waals surface area contributed by atoms with Gasteiger partial charge in [0.15, 0.2) is 0 Å². The van der Waals surface area contributed by atoms with Crippen molar-refractivity contribution in [1.82, 2.24) is 10.6 Å². The number of nitrogens with one attached hydrogen (secondary N) is 2. The fraction of sp³-hybridized carbons (Fsp3) is 0.364. The van der Waals surface area contributed by atoms with Gasteiger partial charge in [-0.2, -0.15) is 0 Å². The minimum absolute atomic E-state index is 0.0530. The van der Waals surface area contributed by atoms with Crippen molar-refractivity contribution >= 4 is 5.91 Å². The van der Waals surface area contributed by atoms with Crippen LogP contribution < -0.4 is 10.6 Å². The fourth-order valence-corrected chi connectivity index (χ4v) is 1.51. The van der Waals surface area contributed by atoms with E-state index in [4.69, 9.17) is 0 Å². The predicted molar refractivity (Wildman–Crippen MR) is 54.9 cm³/mol. The van der Waals surface area contributed by atoms with Gasteiger partial charge in [0.2, 0.25) is 5.91 Å². The molecule has 1 aliphatic rings. The third-order valence-electron chi connectivity index (χ3n) is 2.51. The van der Waals surface area contributed by atoms with E-state index in [0.717, 1.165) is 25.2 Å². The van der Waals surface area contributed by atoms with Crippen molar-refractivity contribution in [2.45, 2.75) is 12.5 Å². The molecule has 1 heterocycles. The number of rotatable bonds is 3. The quantitative estimate of drug-likeness (QED) is 0.792. The predicted octanol–water partition coefficient (Wildman–Crippen LogP) is 0.595. The van der Waals surface area contributed by atoms with Crippen LogP contribution >= 0.6 is 0 Å². The molecule has 5 heteroatoms. The lowest BCUT2D eigenvalue weighted by molar-refractivity contribution is -0.121. The van der Waals surface area contributed by atoms with Crippen molar-refractivity contribution in [3.63, 3.8) is 0 Å². The lowest BCUT2D eigenvalue weighted by Crippen LogP contribution is -2.57. The molecular formula is C11H12F2N2O. The molecule has 0 aromatic heterocycles. The first-order valence-electron chi connectivity index (χ1n) is 5.09. The Morgan fingerprint density at radius 2 is 2.19 bits per heavy atom. The Kier molecular flexibility index (Phi) is 3.14. The first-order valence-corrected chi connectivity index (χ1v) is 5.09. The zero-order valence-corrected chi connectivity index (χ0v) is 8.59. The molecule has 3 nitrogen and oxygen atoms in total. The maximum Gasteiger partial charge on any atom is 0.224 e. The van der Waals surface area contributed by atoms with Crippen molar-refractivity contribution in [1.29, 1.82) is 0 Å². The molecule has 0 bridgehead atoms. The summed E-state index contributed by atoms with van der Waals surface area (Å²) in [5, 5.41) is 5.76. The Balaban J connectivity index is 1.94. The van der Waals surface area contributed by atoms with Crippen molar-refractivity contribution < 1.29 is 13.6 Å². The van der Waals surface area contributed by atoms with E-state index in [1.54, 1.807) is 0 Å². The molecule has 0 unspecified atom stereocenters. The highest BCUT2D eigenvalue weighted by Gasteiger charge is 2.19. The molecule has 1 fully saturated rings. The summed E-state index contributed by atoms with van der Waals surface area (Å²) in [6.45, 7) is 1.50. The number of amides is 1. The van der Waals surface area contributed by atoms with Gasteiger partial charge < -0.3 is 10.6 Å². The van der Waals surface area contributed by atoms with E-state index in [2.05, 4.69) is 10.6 Å². The van der Waals surface area contributed by atoms with Crippen molar-refractivity contribution in [2.75, 3.05) is 13.1 Å². The van der Waals surface area contributed by atoms with Gasteiger partial charge in [0.05, 0.1) is 12.5 Å². The minimum Gasteiger partial charge on any atom is -0.351 e. The summed E-state index contributed by atoms with van der Waals surface area (Å²) in [5.74, 6) is -1.55. The normalized spacial score (nSPS) is 15.6. The summed E-state index contributed by atoms with van der Waals surface area (Å²) in [4.78, 5) is 11.5. The van der Waals surface area contributed by atoms with Crippen LogP contribution in [0, 0.1) is 11.6 Å². The molecule has 0 spiro atoms. The third-order valence-corrected chi connectivity index (χ3v) is 2.51. The van der Waals surface area contributed by atoms with E-state index in [1.165, 1.54) is 6.07 Å². The van der Waals surface area contributed by atoms with E-state index in [-0.39, 0.29) is 23.9 Å². The lowest BCUT2D eigenvalue weighted by Gasteiger charge is -2.27. The number of benzene rings is 1. The minimum atomic E-state index is -0.679. The Bertz CT molecular complexity index is 405. The molecule has 1 amide bonds. The molecule has 1 aromatic carbocycles. The van der Waals surface area contributed by atoms with Gasteiger partial charge >= 0.3 is 0 Å². The Labute approximate surface area is 91.8 Å². The van der Waals surface area contributed by atoms with Gasteiger partial charge in [-0.3, -0.25) is 4.79 Å². The van der Waals surface area contributed by atoms with Crippen molar-refractivity contribution in [3.8, 4) is 0 Å². The summed E-state index contributed by atoms with van der Waals surface area (Å²) >= 11 is 0. The number of carbonyl (C=O) groups excluding carboxylic acids is 1. The van der Waals surface area contributed by atoms with E-state index in [1.807, 2.05) is 0 Å². The number of hydrogen-bond acceptors (Lipinski definition) is 2. The molecule has 0 radical (unpaired) electrons. The van der Waals surface area contributed by atoms with Crippen molar-refractivity contribution in [3.05, 3.63) is 35.4 Å². The second-order valence-corrected chi connectivity index (χ2v) is 3.84. The smallest absolute Gasteiger partial charge is 0.224 e. The molecule has 0 saturated carbocycles. The maximum absolute atomic E-state index is 13.2. The highest BCUT2D eigenvalue weighted by molar-refractivity contribution is 5.79. The second kappa shape index (κ2) is 4.57. The monoisotopic (exact) mass is 226 g/mol. The van der Waals surface area contributed by atoms with E-state index in [0.29, 0.717) is 0 Å². The van der Waals surface area contributed by atoms with Gasteiger partial charge in [0.25, 0.3) is 0 Å². The first kappa shape index (κ1) is 11.0. The molecule has 16 heavy (non-hydrogen) atoms. The van der Waals surface area contributed by atoms with Gasteiger partial charge in [0, 0.05) is 19.2 Å². The number of halogens is 2. The molecule has 0 aliphatic carbocycles.